The number of hydrogen-bond donors (Lipinski definition) is 5. The highest BCUT2D eigenvalue weighted by Gasteiger charge is 2.36. The average Bonchev–Trinajstić information content (AvgIpc) is 3.45. The number of benzene rings is 3. The van der Waals surface area contributed by atoms with Gasteiger partial charge in [0.15, 0.2) is 0 Å². The number of H-pyrrole nitrogens is 1. The lowest BCUT2D eigenvalue weighted by molar-refractivity contribution is -0.143. The minimum atomic E-state index is -4.38. The molecule has 0 saturated carbocycles. The van der Waals surface area contributed by atoms with Gasteiger partial charge in [-0.05, 0) is 65.8 Å². The quantitative estimate of drug-likeness (QED) is 0.124. The first-order valence-electron chi connectivity index (χ1n) is 13.2. The SMILES string of the molecule is COc1c(C)cc(S(=O)(=O)NC(C(=O)NOCc2ccccc2)C(C)C(=O)NO)c(C)c1Cc1ccc2[nH]ccc2c1. The number of amides is 2. The highest BCUT2D eigenvalue weighted by Crippen LogP contribution is 2.34. The second-order valence-corrected chi connectivity index (χ2v) is 11.7. The predicted octanol–water partition coefficient (Wildman–Crippen LogP) is 3.42. The zero-order chi connectivity index (χ0) is 30.4. The molecule has 1 heterocycles. The molecular weight excluding hydrogens is 560 g/mol. The van der Waals surface area contributed by atoms with Crippen molar-refractivity contribution >= 4 is 32.7 Å². The van der Waals surface area contributed by atoms with Crippen molar-refractivity contribution in [3.63, 3.8) is 0 Å². The summed E-state index contributed by atoms with van der Waals surface area (Å²) in [7, 11) is -2.85. The highest BCUT2D eigenvalue weighted by atomic mass is 32.2. The van der Waals surface area contributed by atoms with Crippen LogP contribution in [0.25, 0.3) is 10.9 Å². The van der Waals surface area contributed by atoms with E-state index in [2.05, 4.69) is 15.2 Å². The van der Waals surface area contributed by atoms with E-state index in [9.17, 15) is 23.2 Å². The monoisotopic (exact) mass is 594 g/mol. The molecule has 4 aromatic rings. The number of ether oxygens (including phenoxy) is 1. The van der Waals surface area contributed by atoms with E-state index < -0.39 is 33.8 Å². The van der Waals surface area contributed by atoms with Gasteiger partial charge in [-0.15, -0.1) is 0 Å². The van der Waals surface area contributed by atoms with Crippen LogP contribution >= 0.6 is 0 Å². The van der Waals surface area contributed by atoms with Crippen LogP contribution in [-0.2, 0) is 37.5 Å². The predicted molar refractivity (Wildman–Crippen MR) is 156 cm³/mol. The van der Waals surface area contributed by atoms with Crippen LogP contribution in [0.3, 0.4) is 0 Å². The third kappa shape index (κ3) is 6.80. The molecule has 11 nitrogen and oxygen atoms in total. The summed E-state index contributed by atoms with van der Waals surface area (Å²) in [5.41, 5.74) is 8.07. The zero-order valence-corrected chi connectivity index (χ0v) is 24.5. The maximum Gasteiger partial charge on any atom is 0.262 e. The number of aromatic amines is 1. The minimum Gasteiger partial charge on any atom is -0.496 e. The lowest BCUT2D eigenvalue weighted by Crippen LogP contribution is -2.53. The molecule has 0 fully saturated rings. The number of nitrogens with one attached hydrogen (secondary N) is 4. The molecule has 0 aliphatic rings. The summed E-state index contributed by atoms with van der Waals surface area (Å²) in [6.45, 7) is 4.73. The molecule has 3 aromatic carbocycles. The number of hydrogen-bond acceptors (Lipinski definition) is 7. The van der Waals surface area contributed by atoms with Gasteiger partial charge in [-0.3, -0.25) is 19.6 Å². The molecule has 4 rings (SSSR count). The second kappa shape index (κ2) is 13.2. The number of carbonyl (C=O) groups is 2. The van der Waals surface area contributed by atoms with Gasteiger partial charge in [0.2, 0.25) is 15.9 Å². The molecule has 0 bridgehead atoms. The Balaban J connectivity index is 1.64. The Labute approximate surface area is 244 Å². The number of methoxy groups -OCH3 is 1. The molecule has 1 aromatic heterocycles. The normalized spacial score (nSPS) is 13.0. The van der Waals surface area contributed by atoms with Crippen molar-refractivity contribution in [3.05, 3.63) is 94.7 Å². The van der Waals surface area contributed by atoms with Crippen molar-refractivity contribution in [1.82, 2.24) is 20.7 Å². The van der Waals surface area contributed by atoms with Crippen LogP contribution in [0, 0.1) is 19.8 Å². The number of aromatic nitrogens is 1. The summed E-state index contributed by atoms with van der Waals surface area (Å²) in [5.74, 6) is -2.60. The molecule has 2 amide bonds. The molecule has 0 spiro atoms. The Morgan fingerprint density at radius 2 is 1.74 bits per heavy atom. The van der Waals surface area contributed by atoms with Gasteiger partial charge in [0.05, 0.1) is 24.5 Å². The second-order valence-electron chi connectivity index (χ2n) is 10.0. The topological polar surface area (TPSA) is 159 Å². The number of sulfonamides is 1. The molecule has 222 valence electrons. The van der Waals surface area contributed by atoms with E-state index in [4.69, 9.17) is 9.57 Å². The van der Waals surface area contributed by atoms with Gasteiger partial charge in [0, 0.05) is 23.7 Å². The Kier molecular flexibility index (Phi) is 9.63. The zero-order valence-electron chi connectivity index (χ0n) is 23.7. The first-order valence-corrected chi connectivity index (χ1v) is 14.7. The Hall–Kier alpha value is -4.23. The van der Waals surface area contributed by atoms with Crippen LogP contribution < -0.4 is 20.4 Å². The van der Waals surface area contributed by atoms with Crippen LogP contribution in [0.5, 0.6) is 5.75 Å². The van der Waals surface area contributed by atoms with Crippen molar-refractivity contribution in [3.8, 4) is 5.75 Å². The molecule has 2 atom stereocenters. The van der Waals surface area contributed by atoms with Gasteiger partial charge in [0.25, 0.3) is 5.91 Å². The number of rotatable bonds is 12. The molecule has 0 aliphatic heterocycles. The van der Waals surface area contributed by atoms with E-state index in [1.54, 1.807) is 38.1 Å². The van der Waals surface area contributed by atoms with Crippen molar-refractivity contribution in [2.75, 3.05) is 7.11 Å². The fourth-order valence-corrected chi connectivity index (χ4v) is 6.45. The third-order valence-electron chi connectivity index (χ3n) is 7.14. The van der Waals surface area contributed by atoms with Gasteiger partial charge in [-0.1, -0.05) is 43.3 Å². The Bertz CT molecular complexity index is 1690. The molecule has 42 heavy (non-hydrogen) atoms. The number of hydroxylamine groups is 2. The number of fused-ring (bicyclic) bond motifs is 1. The van der Waals surface area contributed by atoms with Crippen molar-refractivity contribution in [2.45, 2.75) is 44.7 Å². The Morgan fingerprint density at radius 1 is 1.00 bits per heavy atom. The van der Waals surface area contributed by atoms with Crippen LogP contribution in [0.2, 0.25) is 0 Å². The van der Waals surface area contributed by atoms with E-state index in [0.29, 0.717) is 28.9 Å². The molecule has 0 radical (unpaired) electrons. The maximum absolute atomic E-state index is 13.8. The van der Waals surface area contributed by atoms with E-state index in [0.717, 1.165) is 22.0 Å². The van der Waals surface area contributed by atoms with E-state index in [1.807, 2.05) is 36.5 Å². The minimum absolute atomic E-state index is 0.0152. The summed E-state index contributed by atoms with van der Waals surface area (Å²) in [5, 5.41) is 10.2. The number of aryl methyl sites for hydroxylation is 1. The molecule has 0 saturated heterocycles. The van der Waals surface area contributed by atoms with Crippen molar-refractivity contribution in [1.29, 1.82) is 0 Å². The summed E-state index contributed by atoms with van der Waals surface area (Å²) in [6, 6.07) is 16.8. The van der Waals surface area contributed by atoms with Gasteiger partial charge >= 0.3 is 0 Å². The van der Waals surface area contributed by atoms with Crippen LogP contribution in [-0.4, -0.2) is 43.6 Å². The molecular formula is C30H34N4O7S. The smallest absolute Gasteiger partial charge is 0.262 e. The molecule has 2 unspecified atom stereocenters. The number of carbonyl (C=O) groups excluding carboxylic acids is 2. The largest absolute Gasteiger partial charge is 0.496 e. The first-order chi connectivity index (χ1) is 20.1. The third-order valence-corrected chi connectivity index (χ3v) is 8.70. The summed E-state index contributed by atoms with van der Waals surface area (Å²) >= 11 is 0. The van der Waals surface area contributed by atoms with Crippen LogP contribution in [0.15, 0.2) is 71.8 Å². The van der Waals surface area contributed by atoms with Crippen molar-refractivity contribution in [2.24, 2.45) is 5.92 Å². The van der Waals surface area contributed by atoms with Crippen molar-refractivity contribution < 1.29 is 32.8 Å². The Morgan fingerprint density at radius 3 is 2.43 bits per heavy atom. The fraction of sp³-hybridized carbons (Fsp3) is 0.267. The van der Waals surface area contributed by atoms with E-state index in [1.165, 1.54) is 25.6 Å². The fourth-order valence-electron chi connectivity index (χ4n) is 4.82. The average molecular weight is 595 g/mol. The highest BCUT2D eigenvalue weighted by molar-refractivity contribution is 7.89. The first kappa shape index (κ1) is 30.7. The van der Waals surface area contributed by atoms with E-state index in [-0.39, 0.29) is 11.5 Å². The molecule has 5 N–H and O–H groups in total. The standard InChI is InChI=1S/C30H34N4O7S/c1-18-14-26(19(2)24(28(18)40-4)16-22-10-11-25-23(15-22)12-13-31-25)42(38,39)34-27(20(3)29(35)32-37)30(36)33-41-17-21-8-6-5-7-9-21/h5-15,20,27,31,34,37H,16-17H2,1-4H3,(H,32,35)(H,33,36). The van der Waals surface area contributed by atoms with Crippen LogP contribution in [0.4, 0.5) is 0 Å². The van der Waals surface area contributed by atoms with Gasteiger partial charge in [-0.25, -0.2) is 19.4 Å². The summed E-state index contributed by atoms with van der Waals surface area (Å²) in [6.07, 6.45) is 2.24. The van der Waals surface area contributed by atoms with Gasteiger partial charge in [-0.2, -0.15) is 4.72 Å². The summed E-state index contributed by atoms with van der Waals surface area (Å²) < 4.78 is 35.6. The summed E-state index contributed by atoms with van der Waals surface area (Å²) in [4.78, 5) is 33.7. The maximum atomic E-state index is 13.8. The van der Waals surface area contributed by atoms with Gasteiger partial charge < -0.3 is 9.72 Å². The van der Waals surface area contributed by atoms with Gasteiger partial charge in [0.1, 0.15) is 11.8 Å². The van der Waals surface area contributed by atoms with Crippen LogP contribution in [0.1, 0.15) is 34.7 Å². The lowest BCUT2D eigenvalue weighted by atomic mass is 9.96. The molecule has 0 aliphatic carbocycles. The lowest BCUT2D eigenvalue weighted by Gasteiger charge is -2.24. The van der Waals surface area contributed by atoms with E-state index >= 15 is 0 Å². The molecule has 12 heteroatoms.